The van der Waals surface area contributed by atoms with Crippen LogP contribution in [-0.2, 0) is 21.2 Å². The zero-order chi connectivity index (χ0) is 27.3. The minimum Gasteiger partial charge on any atom is -0.494 e. The van der Waals surface area contributed by atoms with Gasteiger partial charge in [-0.1, -0.05) is 12.1 Å². The third-order valence-electron chi connectivity index (χ3n) is 6.77. The second kappa shape index (κ2) is 11.7. The standard InChI is InChI=1S/C25H33F2N3O6S/c1-24(23(32)28-33,37(2,34)35)11-15-30-14-9-20(17-22(30)31)19-5-7-21(8-6-19)36-16-4-13-29-12-3-10-25(26,27)18-29/h5-9,14,17,33H,3-4,10-13,15-16,18H2,1-2H3,(H,28,32). The summed E-state index contributed by atoms with van der Waals surface area (Å²) >= 11 is 0. The van der Waals surface area contributed by atoms with Crippen LogP contribution in [0.5, 0.6) is 5.75 Å². The maximum atomic E-state index is 13.5. The molecule has 204 valence electrons. The van der Waals surface area contributed by atoms with Crippen LogP contribution in [-0.4, -0.2) is 72.2 Å². The van der Waals surface area contributed by atoms with Gasteiger partial charge in [-0.25, -0.2) is 22.7 Å². The molecule has 0 bridgehead atoms. The van der Waals surface area contributed by atoms with Crippen molar-refractivity contribution in [2.75, 3.05) is 32.5 Å². The van der Waals surface area contributed by atoms with E-state index in [-0.39, 0.29) is 31.5 Å². The van der Waals surface area contributed by atoms with E-state index in [1.165, 1.54) is 29.2 Å². The number of piperidine rings is 1. The molecule has 2 heterocycles. The molecule has 0 radical (unpaired) electrons. The lowest BCUT2D eigenvalue weighted by molar-refractivity contribution is -0.131. The van der Waals surface area contributed by atoms with Gasteiger partial charge in [0, 0.05) is 38.0 Å². The highest BCUT2D eigenvalue weighted by Gasteiger charge is 2.43. The summed E-state index contributed by atoms with van der Waals surface area (Å²) in [4.78, 5) is 26.3. The second-order valence-corrected chi connectivity index (χ2v) is 12.0. The Morgan fingerprint density at radius 1 is 1.19 bits per heavy atom. The number of nitrogens with zero attached hydrogens (tertiary/aromatic N) is 2. The Kier molecular flexibility index (Phi) is 9.09. The first-order valence-corrected chi connectivity index (χ1v) is 13.9. The van der Waals surface area contributed by atoms with E-state index in [0.29, 0.717) is 43.9 Å². The number of nitrogens with one attached hydrogen (secondary N) is 1. The second-order valence-electron chi connectivity index (χ2n) is 9.60. The Labute approximate surface area is 214 Å². The molecule has 9 nitrogen and oxygen atoms in total. The normalized spacial score (nSPS) is 17.6. The van der Waals surface area contributed by atoms with Gasteiger partial charge in [-0.05, 0) is 62.1 Å². The van der Waals surface area contributed by atoms with E-state index in [4.69, 9.17) is 9.94 Å². The van der Waals surface area contributed by atoms with Gasteiger partial charge in [0.25, 0.3) is 17.4 Å². The van der Waals surface area contributed by atoms with E-state index in [0.717, 1.165) is 11.8 Å². The molecule has 0 saturated carbocycles. The monoisotopic (exact) mass is 541 g/mol. The molecule has 12 heteroatoms. The predicted octanol–water partition coefficient (Wildman–Crippen LogP) is 2.71. The highest BCUT2D eigenvalue weighted by molar-refractivity contribution is 7.92. The van der Waals surface area contributed by atoms with E-state index >= 15 is 0 Å². The van der Waals surface area contributed by atoms with Crippen molar-refractivity contribution in [2.45, 2.75) is 49.8 Å². The summed E-state index contributed by atoms with van der Waals surface area (Å²) in [5.41, 5.74) is 2.43. The number of amides is 1. The topological polar surface area (TPSA) is 118 Å². The molecule has 1 amide bonds. The first kappa shape index (κ1) is 28.7. The summed E-state index contributed by atoms with van der Waals surface area (Å²) < 4.78 is 56.3. The maximum absolute atomic E-state index is 13.5. The summed E-state index contributed by atoms with van der Waals surface area (Å²) in [6, 6.07) is 10.2. The number of likely N-dealkylation sites (tertiary alicyclic amines) is 1. The van der Waals surface area contributed by atoms with Gasteiger partial charge in [0.15, 0.2) is 14.6 Å². The van der Waals surface area contributed by atoms with Crippen molar-refractivity contribution in [3.63, 3.8) is 0 Å². The molecule has 0 aliphatic carbocycles. The number of rotatable bonds is 11. The summed E-state index contributed by atoms with van der Waals surface area (Å²) in [6.45, 7) is 2.59. The van der Waals surface area contributed by atoms with Crippen molar-refractivity contribution in [1.82, 2.24) is 14.9 Å². The van der Waals surface area contributed by atoms with Crippen molar-refractivity contribution >= 4 is 15.7 Å². The van der Waals surface area contributed by atoms with Crippen molar-refractivity contribution in [1.29, 1.82) is 0 Å². The zero-order valence-electron chi connectivity index (χ0n) is 21.0. The summed E-state index contributed by atoms with van der Waals surface area (Å²) in [5, 5.41) is 8.93. The van der Waals surface area contributed by atoms with Crippen molar-refractivity contribution in [3.8, 4) is 16.9 Å². The first-order valence-electron chi connectivity index (χ1n) is 12.0. The minimum absolute atomic E-state index is 0.0437. The third-order valence-corrected chi connectivity index (χ3v) is 8.80. The number of aromatic nitrogens is 1. The van der Waals surface area contributed by atoms with Crippen LogP contribution in [0.3, 0.4) is 0 Å². The average molecular weight is 542 g/mol. The van der Waals surface area contributed by atoms with E-state index in [2.05, 4.69) is 0 Å². The molecule has 1 fully saturated rings. The van der Waals surface area contributed by atoms with Crippen LogP contribution in [0, 0.1) is 0 Å². The van der Waals surface area contributed by atoms with Crippen LogP contribution in [0.1, 0.15) is 32.6 Å². The number of benzene rings is 1. The molecule has 1 aliphatic rings. The number of hydrogen-bond acceptors (Lipinski definition) is 7. The Balaban J connectivity index is 1.55. The Hall–Kier alpha value is -2.83. The van der Waals surface area contributed by atoms with Gasteiger partial charge in [0.05, 0.1) is 13.2 Å². The molecule has 3 rings (SSSR count). The molecular formula is C25H33F2N3O6S. The first-order chi connectivity index (χ1) is 17.3. The Bertz CT molecular complexity index is 1250. The number of hydrogen-bond donors (Lipinski definition) is 2. The lowest BCUT2D eigenvalue weighted by atomic mass is 10.1. The van der Waals surface area contributed by atoms with Crippen molar-refractivity contribution in [2.24, 2.45) is 0 Å². The number of carbonyl (C=O) groups excluding carboxylic acids is 1. The SMILES string of the molecule is CC(CCn1ccc(-c2ccc(OCCCN3CCCC(F)(F)C3)cc2)cc1=O)(C(=O)NO)S(C)(=O)=O. The fourth-order valence-corrected chi connectivity index (χ4v) is 5.10. The van der Waals surface area contributed by atoms with Gasteiger partial charge >= 0.3 is 0 Å². The van der Waals surface area contributed by atoms with Gasteiger partial charge in [-0.15, -0.1) is 0 Å². The summed E-state index contributed by atoms with van der Waals surface area (Å²) in [6.07, 6.45) is 3.30. The number of pyridine rings is 1. The Morgan fingerprint density at radius 3 is 2.49 bits per heavy atom. The summed E-state index contributed by atoms with van der Waals surface area (Å²) in [7, 11) is -3.86. The number of alkyl halides is 2. The zero-order valence-corrected chi connectivity index (χ0v) is 21.8. The molecule has 1 atom stereocenters. The predicted molar refractivity (Wildman–Crippen MR) is 135 cm³/mol. The van der Waals surface area contributed by atoms with Crippen LogP contribution < -0.4 is 15.8 Å². The van der Waals surface area contributed by atoms with Gasteiger partial charge in [-0.3, -0.25) is 19.7 Å². The van der Waals surface area contributed by atoms with Gasteiger partial charge < -0.3 is 9.30 Å². The lowest BCUT2D eigenvalue weighted by Crippen LogP contribution is -2.49. The van der Waals surface area contributed by atoms with Crippen LogP contribution in [0.15, 0.2) is 47.4 Å². The van der Waals surface area contributed by atoms with E-state index in [1.807, 2.05) is 0 Å². The molecular weight excluding hydrogens is 508 g/mol. The third kappa shape index (κ3) is 7.36. The summed E-state index contributed by atoms with van der Waals surface area (Å²) in [5.74, 6) is -3.04. The molecule has 1 aromatic carbocycles. The quantitative estimate of drug-likeness (QED) is 0.255. The highest BCUT2D eigenvalue weighted by atomic mass is 32.2. The number of halogens is 2. The van der Waals surface area contributed by atoms with Gasteiger partial charge in [0.2, 0.25) is 0 Å². The molecule has 2 aromatic rings. The largest absolute Gasteiger partial charge is 0.494 e. The van der Waals surface area contributed by atoms with Crippen LogP contribution in [0.4, 0.5) is 8.78 Å². The molecule has 2 N–H and O–H groups in total. The molecule has 1 unspecified atom stereocenters. The van der Waals surface area contributed by atoms with E-state index < -0.39 is 26.4 Å². The number of aryl methyl sites for hydroxylation is 1. The fourth-order valence-electron chi connectivity index (χ4n) is 4.25. The average Bonchev–Trinajstić information content (AvgIpc) is 2.84. The molecule has 1 saturated heterocycles. The molecule has 1 aromatic heterocycles. The van der Waals surface area contributed by atoms with Crippen LogP contribution in [0.2, 0.25) is 0 Å². The van der Waals surface area contributed by atoms with Gasteiger partial charge in [0.1, 0.15) is 5.75 Å². The van der Waals surface area contributed by atoms with E-state index in [1.54, 1.807) is 35.2 Å². The lowest BCUT2D eigenvalue weighted by Gasteiger charge is -2.32. The van der Waals surface area contributed by atoms with Crippen LogP contribution >= 0.6 is 0 Å². The van der Waals surface area contributed by atoms with Gasteiger partial charge in [-0.2, -0.15) is 0 Å². The number of carbonyl (C=O) groups is 1. The fraction of sp³-hybridized carbons (Fsp3) is 0.520. The minimum atomic E-state index is -3.86. The highest BCUT2D eigenvalue weighted by Crippen LogP contribution is 2.27. The maximum Gasteiger partial charge on any atom is 0.264 e. The van der Waals surface area contributed by atoms with Crippen molar-refractivity contribution in [3.05, 3.63) is 52.9 Å². The molecule has 0 spiro atoms. The number of sulfone groups is 1. The molecule has 1 aliphatic heterocycles. The smallest absolute Gasteiger partial charge is 0.264 e. The molecule has 37 heavy (non-hydrogen) atoms. The van der Waals surface area contributed by atoms with E-state index in [9.17, 15) is 26.8 Å². The Morgan fingerprint density at radius 2 is 1.89 bits per heavy atom. The number of ether oxygens (including phenoxy) is 1. The van der Waals surface area contributed by atoms with Crippen LogP contribution in [0.25, 0.3) is 11.1 Å². The number of hydroxylamine groups is 1. The van der Waals surface area contributed by atoms with Crippen molar-refractivity contribution < 1.29 is 31.9 Å².